The molecule has 1 saturated heterocycles. The summed E-state index contributed by atoms with van der Waals surface area (Å²) in [6, 6.07) is 13.1. The molecule has 3 aliphatic rings. The second-order valence-corrected chi connectivity index (χ2v) is 9.29. The molecule has 6 nitrogen and oxygen atoms in total. The molecule has 1 aromatic carbocycles. The van der Waals surface area contributed by atoms with Gasteiger partial charge in [0.15, 0.2) is 0 Å². The standard InChI is InChI=1S/C25H29N3O3/c29-23(18-7-3-1-4-8-18)26-21-11-12-22-20-13-17(15-28(22)25(21)31)14-27(16-20)24(30)19-9-5-2-6-10-19/h2,5-6,9-12,17-18,20H,1,3-4,7-8,13-16H2,(H,26,29)/t17-,20-/m1/s1. The van der Waals surface area contributed by atoms with Gasteiger partial charge in [-0.1, -0.05) is 37.5 Å². The molecule has 6 heteroatoms. The number of likely N-dealkylation sites (tertiary alicyclic amines) is 1. The monoisotopic (exact) mass is 419 g/mol. The first kappa shape index (κ1) is 20.0. The van der Waals surface area contributed by atoms with Crippen molar-refractivity contribution in [2.75, 3.05) is 18.4 Å². The highest BCUT2D eigenvalue weighted by atomic mass is 16.2. The van der Waals surface area contributed by atoms with Crippen LogP contribution in [0.15, 0.2) is 47.3 Å². The zero-order chi connectivity index (χ0) is 21.4. The number of benzene rings is 1. The summed E-state index contributed by atoms with van der Waals surface area (Å²) in [5, 5.41) is 2.91. The topological polar surface area (TPSA) is 71.4 Å². The highest BCUT2D eigenvalue weighted by Crippen LogP contribution is 2.36. The zero-order valence-corrected chi connectivity index (χ0v) is 17.8. The van der Waals surface area contributed by atoms with Crippen LogP contribution in [0.25, 0.3) is 0 Å². The van der Waals surface area contributed by atoms with Crippen LogP contribution in [0, 0.1) is 11.8 Å². The van der Waals surface area contributed by atoms with Crippen molar-refractivity contribution in [2.45, 2.75) is 51.0 Å². The van der Waals surface area contributed by atoms with Crippen LogP contribution in [0.2, 0.25) is 0 Å². The first-order chi connectivity index (χ1) is 15.1. The number of hydrogen-bond donors (Lipinski definition) is 1. The lowest BCUT2D eigenvalue weighted by molar-refractivity contribution is -0.120. The summed E-state index contributed by atoms with van der Waals surface area (Å²) in [5.41, 5.74) is 1.96. The third-order valence-electron chi connectivity index (χ3n) is 7.15. The molecule has 1 aliphatic carbocycles. The molecule has 0 spiro atoms. The molecule has 2 aliphatic heterocycles. The number of aromatic nitrogens is 1. The fraction of sp³-hybridized carbons (Fsp3) is 0.480. The van der Waals surface area contributed by atoms with Crippen LogP contribution in [-0.2, 0) is 11.3 Å². The molecule has 2 aromatic rings. The summed E-state index contributed by atoms with van der Waals surface area (Å²) in [4.78, 5) is 40.7. The second-order valence-electron chi connectivity index (χ2n) is 9.29. The van der Waals surface area contributed by atoms with Crippen LogP contribution in [0.1, 0.15) is 60.5 Å². The largest absolute Gasteiger partial charge is 0.338 e. The molecule has 2 bridgehead atoms. The number of piperidine rings is 1. The average molecular weight is 420 g/mol. The highest BCUT2D eigenvalue weighted by Gasteiger charge is 2.37. The van der Waals surface area contributed by atoms with Crippen molar-refractivity contribution in [3.05, 3.63) is 64.1 Å². The maximum atomic E-state index is 13.2. The molecule has 1 saturated carbocycles. The van der Waals surface area contributed by atoms with Crippen LogP contribution in [0.4, 0.5) is 5.69 Å². The van der Waals surface area contributed by atoms with Crippen LogP contribution in [-0.4, -0.2) is 34.4 Å². The van der Waals surface area contributed by atoms with Gasteiger partial charge in [0.2, 0.25) is 5.91 Å². The van der Waals surface area contributed by atoms with Gasteiger partial charge < -0.3 is 14.8 Å². The molecule has 31 heavy (non-hydrogen) atoms. The second kappa shape index (κ2) is 8.33. The van der Waals surface area contributed by atoms with E-state index in [1.807, 2.05) is 45.9 Å². The van der Waals surface area contributed by atoms with Gasteiger partial charge in [-0.05, 0) is 49.4 Å². The van der Waals surface area contributed by atoms with E-state index < -0.39 is 0 Å². The minimum atomic E-state index is -0.112. The Morgan fingerprint density at radius 2 is 1.68 bits per heavy atom. The van der Waals surface area contributed by atoms with E-state index in [0.717, 1.165) is 37.8 Å². The van der Waals surface area contributed by atoms with E-state index in [1.165, 1.54) is 6.42 Å². The average Bonchev–Trinajstić information content (AvgIpc) is 2.81. The zero-order valence-electron chi connectivity index (χ0n) is 17.8. The molecule has 2 amide bonds. The molecule has 162 valence electrons. The Balaban J connectivity index is 1.35. The van der Waals surface area contributed by atoms with Gasteiger partial charge in [0.1, 0.15) is 5.69 Å². The van der Waals surface area contributed by atoms with Gasteiger partial charge in [0.25, 0.3) is 11.5 Å². The van der Waals surface area contributed by atoms with Crippen molar-refractivity contribution in [1.29, 1.82) is 0 Å². The van der Waals surface area contributed by atoms with E-state index in [0.29, 0.717) is 30.9 Å². The third kappa shape index (κ3) is 3.91. The predicted molar refractivity (Wildman–Crippen MR) is 119 cm³/mol. The van der Waals surface area contributed by atoms with E-state index in [2.05, 4.69) is 5.32 Å². The van der Waals surface area contributed by atoms with Crippen molar-refractivity contribution in [3.8, 4) is 0 Å². The van der Waals surface area contributed by atoms with Crippen molar-refractivity contribution in [2.24, 2.45) is 11.8 Å². The lowest BCUT2D eigenvalue weighted by Gasteiger charge is -2.43. The van der Waals surface area contributed by atoms with Gasteiger partial charge in [0.05, 0.1) is 0 Å². The molecule has 0 radical (unpaired) electrons. The highest BCUT2D eigenvalue weighted by molar-refractivity contribution is 5.94. The molecule has 1 aromatic heterocycles. The van der Waals surface area contributed by atoms with Crippen molar-refractivity contribution < 1.29 is 9.59 Å². The maximum absolute atomic E-state index is 13.2. The Morgan fingerprint density at radius 3 is 2.45 bits per heavy atom. The first-order valence-corrected chi connectivity index (χ1v) is 11.5. The normalized spacial score (nSPS) is 23.2. The van der Waals surface area contributed by atoms with Gasteiger partial charge in [0, 0.05) is 42.7 Å². The molecular weight excluding hydrogens is 390 g/mol. The molecule has 2 fully saturated rings. The third-order valence-corrected chi connectivity index (χ3v) is 7.15. The Bertz CT molecular complexity index is 1040. The summed E-state index contributed by atoms with van der Waals surface area (Å²) in [6.07, 6.45) is 6.18. The van der Waals surface area contributed by atoms with Gasteiger partial charge in [-0.15, -0.1) is 0 Å². The smallest absolute Gasteiger partial charge is 0.274 e. The number of pyridine rings is 1. The van der Waals surface area contributed by atoms with E-state index in [9.17, 15) is 14.4 Å². The molecular formula is C25H29N3O3. The van der Waals surface area contributed by atoms with Gasteiger partial charge in [-0.25, -0.2) is 0 Å². The maximum Gasteiger partial charge on any atom is 0.274 e. The van der Waals surface area contributed by atoms with Crippen molar-refractivity contribution >= 4 is 17.5 Å². The number of hydrogen-bond acceptors (Lipinski definition) is 3. The summed E-state index contributed by atoms with van der Waals surface area (Å²) in [7, 11) is 0. The Kier molecular flexibility index (Phi) is 5.38. The SMILES string of the molecule is O=C(Nc1ccc2n(c1=O)C[C@@H]1C[C@@H]2CN(C(=O)c2ccccc2)C1)C1CCCCC1. The van der Waals surface area contributed by atoms with Crippen LogP contribution in [0.3, 0.4) is 0 Å². The van der Waals surface area contributed by atoms with E-state index in [1.54, 1.807) is 6.07 Å². The minimum Gasteiger partial charge on any atom is -0.338 e. The van der Waals surface area contributed by atoms with E-state index in [-0.39, 0.29) is 35.1 Å². The molecule has 5 rings (SSSR count). The number of rotatable bonds is 3. The van der Waals surface area contributed by atoms with Crippen molar-refractivity contribution in [1.82, 2.24) is 9.47 Å². The minimum absolute atomic E-state index is 0.0196. The fourth-order valence-electron chi connectivity index (χ4n) is 5.57. The number of carbonyl (C=O) groups excluding carboxylic acids is 2. The van der Waals surface area contributed by atoms with E-state index >= 15 is 0 Å². The number of carbonyl (C=O) groups is 2. The predicted octanol–water partition coefficient (Wildman–Crippen LogP) is 3.63. The summed E-state index contributed by atoms with van der Waals surface area (Å²) < 4.78 is 1.83. The van der Waals surface area contributed by atoms with Crippen molar-refractivity contribution in [3.63, 3.8) is 0 Å². The summed E-state index contributed by atoms with van der Waals surface area (Å²) in [5.74, 6) is 0.457. The Morgan fingerprint density at radius 1 is 0.903 bits per heavy atom. The first-order valence-electron chi connectivity index (χ1n) is 11.5. The lowest BCUT2D eigenvalue weighted by Crippen LogP contribution is -2.49. The number of fused-ring (bicyclic) bond motifs is 4. The van der Waals surface area contributed by atoms with Crippen LogP contribution < -0.4 is 10.9 Å². The molecule has 3 heterocycles. The van der Waals surface area contributed by atoms with Crippen LogP contribution >= 0.6 is 0 Å². The molecule has 2 atom stereocenters. The number of nitrogens with one attached hydrogen (secondary N) is 1. The molecule has 0 unspecified atom stereocenters. The number of amides is 2. The van der Waals surface area contributed by atoms with Gasteiger partial charge in [-0.3, -0.25) is 14.4 Å². The van der Waals surface area contributed by atoms with Gasteiger partial charge >= 0.3 is 0 Å². The summed E-state index contributed by atoms with van der Waals surface area (Å²) >= 11 is 0. The Labute approximate surface area is 182 Å². The quantitative estimate of drug-likeness (QED) is 0.826. The number of anilines is 1. The Hall–Kier alpha value is -2.89. The number of nitrogens with zero attached hydrogens (tertiary/aromatic N) is 2. The fourth-order valence-corrected chi connectivity index (χ4v) is 5.57. The summed E-state index contributed by atoms with van der Waals surface area (Å²) in [6.45, 7) is 1.88. The van der Waals surface area contributed by atoms with E-state index in [4.69, 9.17) is 0 Å². The van der Waals surface area contributed by atoms with Gasteiger partial charge in [-0.2, -0.15) is 0 Å². The molecule has 1 N–H and O–H groups in total. The lowest BCUT2D eigenvalue weighted by atomic mass is 9.83. The van der Waals surface area contributed by atoms with Crippen LogP contribution in [0.5, 0.6) is 0 Å².